The lowest BCUT2D eigenvalue weighted by molar-refractivity contribution is 0.146. The van der Waals surface area contributed by atoms with E-state index < -0.39 is 11.9 Å². The number of anilines is 2. The van der Waals surface area contributed by atoms with Crippen molar-refractivity contribution in [3.8, 4) is 17.3 Å². The van der Waals surface area contributed by atoms with Gasteiger partial charge in [0.05, 0.1) is 17.7 Å². The minimum atomic E-state index is -0.500. The van der Waals surface area contributed by atoms with Gasteiger partial charge in [0.2, 0.25) is 0 Å². The van der Waals surface area contributed by atoms with Crippen LogP contribution in [0.15, 0.2) is 18.3 Å². The molecule has 3 aliphatic heterocycles. The molecule has 2 aromatic heterocycles. The van der Waals surface area contributed by atoms with E-state index in [2.05, 4.69) is 43.6 Å². The van der Waals surface area contributed by atoms with Gasteiger partial charge >= 0.3 is 12.1 Å². The number of likely N-dealkylation sites (N-methyl/N-ethyl adjacent to an activating group) is 1. The van der Waals surface area contributed by atoms with Gasteiger partial charge in [-0.2, -0.15) is 9.97 Å². The number of hydrogen-bond donors (Lipinski definition) is 2. The van der Waals surface area contributed by atoms with Crippen LogP contribution >= 0.6 is 0 Å². The number of ether oxygens (including phenoxy) is 2. The van der Waals surface area contributed by atoms with E-state index in [4.69, 9.17) is 14.5 Å². The minimum absolute atomic E-state index is 0.129. The number of halogens is 1. The smallest absolute Gasteiger partial charge is 0.407 e. The number of nitrogens with zero attached hydrogens (tertiary/aromatic N) is 6. The first-order valence-electron chi connectivity index (χ1n) is 16.3. The molecule has 2 unspecified atom stereocenters. The zero-order chi connectivity index (χ0) is 31.5. The first-order chi connectivity index (χ1) is 21.8. The maximum absolute atomic E-state index is 16.6. The second-order valence-corrected chi connectivity index (χ2v) is 12.6. The number of carbonyl (C=O) groups is 1. The molecule has 2 atom stereocenters. The van der Waals surface area contributed by atoms with Crippen LogP contribution in [0.2, 0.25) is 0 Å². The molecule has 0 bridgehead atoms. The molecule has 1 amide bonds. The number of alkyl carbamates (subject to hydrolysis) is 1. The summed E-state index contributed by atoms with van der Waals surface area (Å²) in [5, 5.41) is 5.42. The predicted octanol–water partition coefficient (Wildman–Crippen LogP) is 5.27. The van der Waals surface area contributed by atoms with Gasteiger partial charge in [0.1, 0.15) is 23.6 Å². The Morgan fingerprint density at radius 1 is 1.11 bits per heavy atom. The van der Waals surface area contributed by atoms with Gasteiger partial charge in [-0.25, -0.2) is 14.2 Å². The first-order valence-corrected chi connectivity index (χ1v) is 16.3. The van der Waals surface area contributed by atoms with Crippen LogP contribution in [0.25, 0.3) is 22.2 Å². The lowest BCUT2D eigenvalue weighted by atomic mass is 9.99. The summed E-state index contributed by atoms with van der Waals surface area (Å²) in [5.41, 5.74) is 7.46. The molecule has 4 aliphatic rings. The first kappa shape index (κ1) is 31.2. The van der Waals surface area contributed by atoms with Crippen LogP contribution in [-0.2, 0) is 11.3 Å². The van der Waals surface area contributed by atoms with Crippen molar-refractivity contribution in [2.75, 3.05) is 57.3 Å². The summed E-state index contributed by atoms with van der Waals surface area (Å²) >= 11 is 0. The molecule has 3 aromatic rings. The number of piperidine rings is 1. The average Bonchev–Trinajstić information content (AvgIpc) is 3.77. The molecule has 242 valence electrons. The normalized spacial score (nSPS) is 21.1. The van der Waals surface area contributed by atoms with Crippen LogP contribution in [0.4, 0.5) is 20.7 Å². The standard InChI is InChI=1S/C30H39FN8O3.C3H6/c1-5-41-30(40)33-19-8-6-11-39(15-19)28-22-14-32-26(21-12-18(2)13-24-23(21)16-38(4)36-24)25(31)27(22)34-29(35-28)42-17-20-9-7-10-37(20)3;1-2-3-1/h12-14,19-20,36H,5-11,15-17H2,1-4H3,(H,33,40);1-3H2. The maximum atomic E-state index is 16.6. The highest BCUT2D eigenvalue weighted by atomic mass is 19.1. The number of hydrazine groups is 1. The van der Waals surface area contributed by atoms with Crippen LogP contribution in [-0.4, -0.2) is 90.0 Å². The van der Waals surface area contributed by atoms with Crippen molar-refractivity contribution < 1.29 is 18.7 Å². The van der Waals surface area contributed by atoms with Gasteiger partial charge in [-0.3, -0.25) is 4.98 Å². The molecule has 1 saturated carbocycles. The molecule has 12 heteroatoms. The maximum Gasteiger partial charge on any atom is 0.407 e. The molecule has 1 aromatic carbocycles. The van der Waals surface area contributed by atoms with E-state index in [1.807, 2.05) is 25.0 Å². The summed E-state index contributed by atoms with van der Waals surface area (Å²) in [5.74, 6) is 0.0542. The number of aryl methyl sites for hydroxylation is 1. The third kappa shape index (κ3) is 7.22. The molecule has 2 saturated heterocycles. The molecule has 11 nitrogen and oxygen atoms in total. The number of fused-ring (bicyclic) bond motifs is 2. The zero-order valence-corrected chi connectivity index (χ0v) is 26.9. The number of likely N-dealkylation sites (tertiary alicyclic amines) is 1. The van der Waals surface area contributed by atoms with Gasteiger partial charge in [-0.05, 0) is 70.8 Å². The predicted molar refractivity (Wildman–Crippen MR) is 173 cm³/mol. The highest BCUT2D eigenvalue weighted by Crippen LogP contribution is 2.38. The SMILES string of the molecule is C1CC1.CCOC(=O)NC1CCCN(c2nc(OCC3CCCN3C)nc3c(F)c(-c4cc(C)cc5c4CN(C)N5)ncc23)C1. The Morgan fingerprint density at radius 2 is 1.91 bits per heavy atom. The molecule has 2 N–H and O–H groups in total. The monoisotopic (exact) mass is 620 g/mol. The van der Waals surface area contributed by atoms with E-state index in [1.54, 1.807) is 13.1 Å². The largest absolute Gasteiger partial charge is 0.462 e. The Hall–Kier alpha value is -3.77. The molecule has 0 spiro atoms. The topological polar surface area (TPSA) is 108 Å². The number of carbonyl (C=O) groups excluding carboxylic acids is 1. The second kappa shape index (κ2) is 13.7. The van der Waals surface area contributed by atoms with E-state index in [9.17, 15) is 4.79 Å². The zero-order valence-electron chi connectivity index (χ0n) is 26.9. The van der Waals surface area contributed by atoms with Crippen molar-refractivity contribution in [1.82, 2.24) is 30.2 Å². The molecule has 5 heterocycles. The van der Waals surface area contributed by atoms with E-state index in [0.29, 0.717) is 44.1 Å². The van der Waals surface area contributed by atoms with E-state index in [0.717, 1.165) is 54.6 Å². The van der Waals surface area contributed by atoms with Crippen molar-refractivity contribution >= 4 is 28.5 Å². The van der Waals surface area contributed by atoms with E-state index in [-0.39, 0.29) is 29.3 Å². The molecular formula is C33H45FN8O3. The third-order valence-corrected chi connectivity index (χ3v) is 8.75. The minimum Gasteiger partial charge on any atom is -0.462 e. The number of nitrogens with one attached hydrogen (secondary N) is 2. The van der Waals surface area contributed by atoms with Crippen LogP contribution < -0.4 is 20.4 Å². The number of aromatic nitrogens is 3. The van der Waals surface area contributed by atoms with Gasteiger partial charge in [0.25, 0.3) is 0 Å². The molecule has 7 rings (SSSR count). The second-order valence-electron chi connectivity index (χ2n) is 12.6. The fourth-order valence-electron chi connectivity index (χ4n) is 6.28. The lowest BCUT2D eigenvalue weighted by Crippen LogP contribution is -2.48. The van der Waals surface area contributed by atoms with E-state index in [1.165, 1.54) is 19.3 Å². The summed E-state index contributed by atoms with van der Waals surface area (Å²) in [6, 6.07) is 4.31. The number of rotatable bonds is 7. The summed E-state index contributed by atoms with van der Waals surface area (Å²) in [4.78, 5) is 30.5. The Labute approximate surface area is 264 Å². The Bertz CT molecular complexity index is 1530. The highest BCUT2D eigenvalue weighted by molar-refractivity contribution is 5.92. The Balaban J connectivity index is 0.00000112. The van der Waals surface area contributed by atoms with Gasteiger partial charge < -0.3 is 30.0 Å². The van der Waals surface area contributed by atoms with Gasteiger partial charge in [0.15, 0.2) is 5.82 Å². The third-order valence-electron chi connectivity index (χ3n) is 8.75. The average molecular weight is 621 g/mol. The number of amides is 1. The summed E-state index contributed by atoms with van der Waals surface area (Å²) in [6.45, 7) is 7.36. The fourth-order valence-corrected chi connectivity index (χ4v) is 6.28. The number of benzene rings is 1. The van der Waals surface area contributed by atoms with Crippen molar-refractivity contribution in [3.63, 3.8) is 0 Å². The van der Waals surface area contributed by atoms with Gasteiger partial charge in [-0.1, -0.05) is 19.3 Å². The lowest BCUT2D eigenvalue weighted by Gasteiger charge is -2.34. The summed E-state index contributed by atoms with van der Waals surface area (Å²) in [6.07, 6.45) is 9.52. The Morgan fingerprint density at radius 3 is 2.64 bits per heavy atom. The van der Waals surface area contributed by atoms with Crippen molar-refractivity contribution in [2.45, 2.75) is 77.4 Å². The van der Waals surface area contributed by atoms with Gasteiger partial charge in [-0.15, -0.1) is 0 Å². The summed E-state index contributed by atoms with van der Waals surface area (Å²) in [7, 11) is 4.04. The number of pyridine rings is 1. The van der Waals surface area contributed by atoms with E-state index >= 15 is 4.39 Å². The molecule has 45 heavy (non-hydrogen) atoms. The molecule has 0 radical (unpaired) electrons. The molecule has 3 fully saturated rings. The quantitative estimate of drug-likeness (QED) is 0.363. The van der Waals surface area contributed by atoms with Crippen LogP contribution in [0, 0.1) is 12.7 Å². The van der Waals surface area contributed by atoms with Crippen molar-refractivity contribution in [2.24, 2.45) is 0 Å². The highest BCUT2D eigenvalue weighted by Gasteiger charge is 2.29. The summed E-state index contributed by atoms with van der Waals surface area (Å²) < 4.78 is 27.8. The molecule has 1 aliphatic carbocycles. The van der Waals surface area contributed by atoms with Gasteiger partial charge in [0, 0.05) is 56.1 Å². The van der Waals surface area contributed by atoms with Crippen molar-refractivity contribution in [1.29, 1.82) is 0 Å². The number of hydrogen-bond acceptors (Lipinski definition) is 10. The van der Waals surface area contributed by atoms with Crippen LogP contribution in [0.1, 0.15) is 63.0 Å². The fraction of sp³-hybridized carbons (Fsp3) is 0.576. The Kier molecular flexibility index (Phi) is 9.50. The van der Waals surface area contributed by atoms with Crippen LogP contribution in [0.3, 0.4) is 0 Å². The molecular weight excluding hydrogens is 575 g/mol. The van der Waals surface area contributed by atoms with Crippen LogP contribution in [0.5, 0.6) is 6.01 Å². The van der Waals surface area contributed by atoms with Crippen molar-refractivity contribution in [3.05, 3.63) is 35.3 Å².